The van der Waals surface area contributed by atoms with Crippen LogP contribution in [0.25, 0.3) is 28.5 Å². The first-order valence-electron chi connectivity index (χ1n) is 15.0. The van der Waals surface area contributed by atoms with Crippen molar-refractivity contribution in [3.63, 3.8) is 0 Å². The van der Waals surface area contributed by atoms with Gasteiger partial charge in [0.1, 0.15) is 11.4 Å². The maximum atomic E-state index is 13.7. The third-order valence-electron chi connectivity index (χ3n) is 8.86. The number of hydrogen-bond donors (Lipinski definition) is 3. The van der Waals surface area contributed by atoms with E-state index in [1.165, 1.54) is 6.08 Å². The van der Waals surface area contributed by atoms with E-state index in [0.717, 1.165) is 55.1 Å². The second-order valence-electron chi connectivity index (χ2n) is 11.6. The van der Waals surface area contributed by atoms with Gasteiger partial charge in [0.25, 0.3) is 5.91 Å². The van der Waals surface area contributed by atoms with Crippen LogP contribution in [0.4, 0.5) is 5.69 Å². The molecule has 3 aromatic carbocycles. The molecule has 224 valence electrons. The first-order valence-corrected chi connectivity index (χ1v) is 15.0. The Hall–Kier alpha value is -5.12. The first-order chi connectivity index (χ1) is 21.4. The normalized spacial score (nSPS) is 17.1. The summed E-state index contributed by atoms with van der Waals surface area (Å²) in [6.45, 7) is 0.172. The van der Waals surface area contributed by atoms with Gasteiger partial charge in [-0.3, -0.25) is 9.59 Å². The molecule has 3 aliphatic rings. The predicted molar refractivity (Wildman–Crippen MR) is 165 cm³/mol. The van der Waals surface area contributed by atoms with Gasteiger partial charge in [-0.1, -0.05) is 31.0 Å². The van der Waals surface area contributed by atoms with Crippen LogP contribution < -0.4 is 20.1 Å². The summed E-state index contributed by atoms with van der Waals surface area (Å²) >= 11 is 0. The number of nitrogens with zero attached hydrogens (tertiary/aromatic N) is 2. The molecule has 2 saturated carbocycles. The van der Waals surface area contributed by atoms with Crippen LogP contribution in [0, 0.1) is 0 Å². The number of aliphatic carboxylic acids is 1. The quantitative estimate of drug-likeness (QED) is 0.216. The number of carboxylic acid groups (broad SMARTS) is 1. The molecule has 0 atom stereocenters. The molecule has 7 rings (SSSR count). The number of amides is 2. The van der Waals surface area contributed by atoms with Crippen LogP contribution in [0.2, 0.25) is 0 Å². The van der Waals surface area contributed by atoms with E-state index in [0.29, 0.717) is 52.7 Å². The van der Waals surface area contributed by atoms with Gasteiger partial charge >= 0.3 is 5.97 Å². The number of hydrogen-bond acceptors (Lipinski definition) is 6. The topological polar surface area (TPSA) is 132 Å². The van der Waals surface area contributed by atoms with Crippen molar-refractivity contribution in [1.82, 2.24) is 14.9 Å². The van der Waals surface area contributed by atoms with Gasteiger partial charge in [-0.05, 0) is 86.2 Å². The van der Waals surface area contributed by atoms with Crippen LogP contribution in [0.5, 0.6) is 11.5 Å². The smallest absolute Gasteiger partial charge is 0.328 e. The summed E-state index contributed by atoms with van der Waals surface area (Å²) in [6.07, 6.45) is 8.55. The fourth-order valence-electron chi connectivity index (χ4n) is 6.32. The highest BCUT2D eigenvalue weighted by molar-refractivity contribution is 6.05. The van der Waals surface area contributed by atoms with Gasteiger partial charge in [0, 0.05) is 23.4 Å². The summed E-state index contributed by atoms with van der Waals surface area (Å²) < 4.78 is 13.7. The molecule has 0 saturated heterocycles. The largest absolute Gasteiger partial charge is 0.478 e. The van der Waals surface area contributed by atoms with Crippen LogP contribution in [-0.4, -0.2) is 44.8 Å². The molecule has 2 amide bonds. The third kappa shape index (κ3) is 5.06. The summed E-state index contributed by atoms with van der Waals surface area (Å²) in [5.74, 6) is 0.547. The molecule has 4 aromatic rings. The molecule has 3 N–H and O–H groups in total. The minimum Gasteiger partial charge on any atom is -0.478 e. The molecule has 0 bridgehead atoms. The highest BCUT2D eigenvalue weighted by Gasteiger charge is 2.42. The van der Waals surface area contributed by atoms with Crippen molar-refractivity contribution in [3.8, 4) is 22.9 Å². The van der Waals surface area contributed by atoms with Crippen molar-refractivity contribution < 1.29 is 29.0 Å². The van der Waals surface area contributed by atoms with E-state index < -0.39 is 11.5 Å². The van der Waals surface area contributed by atoms with Gasteiger partial charge in [-0.25, -0.2) is 9.78 Å². The molecule has 2 aliphatic carbocycles. The van der Waals surface area contributed by atoms with E-state index in [4.69, 9.17) is 19.6 Å². The average molecular weight is 593 g/mol. The summed E-state index contributed by atoms with van der Waals surface area (Å²) in [5, 5.41) is 14.9. The van der Waals surface area contributed by atoms with Crippen molar-refractivity contribution in [2.75, 3.05) is 12.1 Å². The molecule has 0 unspecified atom stereocenters. The standard InChI is InChI=1S/C34H32N4O6/c39-29(40)16-11-21-9-13-23(14-10-21)35-33(42)34(17-1-2-18-34)37-32(41)22-12-15-27-26(19-22)36-31(38(27)24-5-3-6-24)25-7-4-8-28-30(25)44-20-43-28/h4,7-16,19,24H,1-3,5-6,17-18,20H2,(H,35,42)(H,37,41)(H,39,40)/b16-11+. The first kappa shape index (κ1) is 27.7. The number of nitrogens with one attached hydrogen (secondary N) is 2. The lowest BCUT2D eigenvalue weighted by molar-refractivity contribution is -0.131. The lowest BCUT2D eigenvalue weighted by Gasteiger charge is -2.29. The van der Waals surface area contributed by atoms with Gasteiger partial charge < -0.3 is 29.8 Å². The number of carbonyl (C=O) groups excluding carboxylic acids is 2. The maximum Gasteiger partial charge on any atom is 0.328 e. The summed E-state index contributed by atoms with van der Waals surface area (Å²) in [6, 6.07) is 18.6. The van der Waals surface area contributed by atoms with Gasteiger partial charge in [0.2, 0.25) is 12.7 Å². The molecular weight excluding hydrogens is 560 g/mol. The van der Waals surface area contributed by atoms with Crippen molar-refractivity contribution in [1.29, 1.82) is 0 Å². The van der Waals surface area contributed by atoms with Crippen LogP contribution in [0.1, 0.15) is 66.9 Å². The van der Waals surface area contributed by atoms with Crippen LogP contribution in [0.15, 0.2) is 66.7 Å². The molecule has 44 heavy (non-hydrogen) atoms. The van der Waals surface area contributed by atoms with Gasteiger partial charge in [-0.2, -0.15) is 0 Å². The Morgan fingerprint density at radius 1 is 0.977 bits per heavy atom. The zero-order chi connectivity index (χ0) is 30.3. The summed E-state index contributed by atoms with van der Waals surface area (Å²) in [4.78, 5) is 43.0. The summed E-state index contributed by atoms with van der Waals surface area (Å²) in [5.41, 5.74) is 3.19. The number of carboxylic acids is 1. The number of fused-ring (bicyclic) bond motifs is 2. The predicted octanol–water partition coefficient (Wildman–Crippen LogP) is 5.94. The summed E-state index contributed by atoms with van der Waals surface area (Å²) in [7, 11) is 0. The molecule has 0 spiro atoms. The number of carbonyl (C=O) groups is 3. The Bertz CT molecular complexity index is 1800. The van der Waals surface area contributed by atoms with E-state index in [-0.39, 0.29) is 18.6 Å². The molecule has 10 heteroatoms. The monoisotopic (exact) mass is 592 g/mol. The van der Waals surface area contributed by atoms with Crippen LogP contribution in [0.3, 0.4) is 0 Å². The molecule has 1 aromatic heterocycles. The Labute approximate surface area is 253 Å². The van der Waals surface area contributed by atoms with E-state index in [1.54, 1.807) is 36.4 Å². The van der Waals surface area contributed by atoms with Crippen molar-refractivity contribution in [3.05, 3.63) is 77.9 Å². The van der Waals surface area contributed by atoms with Gasteiger partial charge in [0.15, 0.2) is 11.5 Å². The maximum absolute atomic E-state index is 13.7. The highest BCUT2D eigenvalue weighted by Crippen LogP contribution is 2.45. The minimum absolute atomic E-state index is 0.172. The molecule has 0 radical (unpaired) electrons. The molecule has 2 heterocycles. The number of benzene rings is 3. The zero-order valence-corrected chi connectivity index (χ0v) is 24.0. The molecular formula is C34H32N4O6. The van der Waals surface area contributed by atoms with E-state index >= 15 is 0 Å². The lowest BCUT2D eigenvalue weighted by Crippen LogP contribution is -2.55. The SMILES string of the molecule is O=C(O)/C=C/c1ccc(NC(=O)C2(NC(=O)c3ccc4c(c3)nc(-c3cccc5c3OCO5)n4C3CCC3)CCCC2)cc1. The average Bonchev–Trinajstić information content (AvgIpc) is 3.75. The van der Waals surface area contributed by atoms with Crippen LogP contribution >= 0.6 is 0 Å². The van der Waals surface area contributed by atoms with E-state index in [2.05, 4.69) is 15.2 Å². The Kier molecular flexibility index (Phi) is 7.04. The molecule has 10 nitrogen and oxygen atoms in total. The van der Waals surface area contributed by atoms with Gasteiger partial charge in [0.05, 0.1) is 16.6 Å². The molecule has 2 fully saturated rings. The van der Waals surface area contributed by atoms with Crippen molar-refractivity contribution in [2.24, 2.45) is 0 Å². The minimum atomic E-state index is -1.04. The number of anilines is 1. The van der Waals surface area contributed by atoms with Crippen LogP contribution in [-0.2, 0) is 9.59 Å². The fraction of sp³-hybridized carbons (Fsp3) is 0.294. The van der Waals surface area contributed by atoms with Crippen molar-refractivity contribution in [2.45, 2.75) is 56.5 Å². The number of ether oxygens (including phenoxy) is 2. The number of aromatic nitrogens is 2. The Balaban J connectivity index is 1.15. The number of imidazole rings is 1. The number of rotatable bonds is 8. The van der Waals surface area contributed by atoms with E-state index in [9.17, 15) is 14.4 Å². The van der Waals surface area contributed by atoms with Gasteiger partial charge in [-0.15, -0.1) is 0 Å². The lowest BCUT2D eigenvalue weighted by atomic mass is 9.92. The van der Waals surface area contributed by atoms with E-state index in [1.807, 2.05) is 24.3 Å². The second kappa shape index (κ2) is 11.2. The highest BCUT2D eigenvalue weighted by atomic mass is 16.7. The molecule has 1 aliphatic heterocycles. The Morgan fingerprint density at radius 2 is 1.77 bits per heavy atom. The Morgan fingerprint density at radius 3 is 2.50 bits per heavy atom. The number of para-hydroxylation sites is 1. The second-order valence-corrected chi connectivity index (χ2v) is 11.6. The van der Waals surface area contributed by atoms with Crippen molar-refractivity contribution >= 4 is 40.6 Å². The fourth-order valence-corrected chi connectivity index (χ4v) is 6.32. The third-order valence-corrected chi connectivity index (χ3v) is 8.86. The zero-order valence-electron chi connectivity index (χ0n) is 24.0.